The quantitative estimate of drug-likeness (QED) is 0.698. The number of rotatable bonds is 2. The van der Waals surface area contributed by atoms with Gasteiger partial charge in [0.2, 0.25) is 0 Å². The third-order valence-electron chi connectivity index (χ3n) is 2.65. The first kappa shape index (κ1) is 13.4. The van der Waals surface area contributed by atoms with Gasteiger partial charge in [0, 0.05) is 26.2 Å². The van der Waals surface area contributed by atoms with Crippen LogP contribution >= 0.6 is 34.8 Å². The summed E-state index contributed by atoms with van der Waals surface area (Å²) in [4.78, 5) is 12.2. The first-order chi connectivity index (χ1) is 8.49. The van der Waals surface area contributed by atoms with Gasteiger partial charge >= 0.3 is 0 Å². The van der Waals surface area contributed by atoms with E-state index in [0.29, 0.717) is 26.2 Å². The van der Waals surface area contributed by atoms with E-state index >= 15 is 0 Å². The van der Waals surface area contributed by atoms with Crippen molar-refractivity contribution in [3.8, 4) is 0 Å². The van der Waals surface area contributed by atoms with Crippen molar-refractivity contribution >= 4 is 40.6 Å². The van der Waals surface area contributed by atoms with Crippen molar-refractivity contribution < 1.29 is 4.79 Å². The molecular weight excluding hydrogens is 291 g/mol. The number of hydrogen-bond donors (Lipinski definition) is 0. The third-order valence-corrected chi connectivity index (χ3v) is 3.69. The number of carbonyl (C=O) groups is 1. The minimum atomic E-state index is -0.129. The molecule has 0 aliphatic rings. The van der Waals surface area contributed by atoms with Crippen molar-refractivity contribution in [1.82, 2.24) is 0 Å². The van der Waals surface area contributed by atoms with Crippen LogP contribution in [0.2, 0.25) is 15.1 Å². The molecule has 4 heteroatoms. The van der Waals surface area contributed by atoms with Crippen molar-refractivity contribution in [2.75, 3.05) is 0 Å². The number of hydrogen-bond acceptors (Lipinski definition) is 1. The normalized spacial score (nSPS) is 10.4. The summed E-state index contributed by atoms with van der Waals surface area (Å²) >= 11 is 17.8. The molecule has 2 aromatic rings. The van der Waals surface area contributed by atoms with Crippen LogP contribution in [0.3, 0.4) is 0 Å². The Balaban J connectivity index is 2.43. The fourth-order valence-electron chi connectivity index (χ4n) is 1.54. The summed E-state index contributed by atoms with van der Waals surface area (Å²) in [6.45, 7) is 1.81. The first-order valence-corrected chi connectivity index (χ1v) is 6.38. The van der Waals surface area contributed by atoms with Gasteiger partial charge in [-0.25, -0.2) is 0 Å². The molecule has 18 heavy (non-hydrogen) atoms. The molecule has 0 radical (unpaired) electrons. The average molecular weight is 300 g/mol. The molecule has 0 N–H and O–H groups in total. The van der Waals surface area contributed by atoms with Crippen LogP contribution in [0.4, 0.5) is 0 Å². The fourth-order valence-corrected chi connectivity index (χ4v) is 2.16. The maximum Gasteiger partial charge on any atom is 0.193 e. The summed E-state index contributed by atoms with van der Waals surface area (Å²) in [6.07, 6.45) is 0. The zero-order valence-corrected chi connectivity index (χ0v) is 11.8. The fraction of sp³-hybridized carbons (Fsp3) is 0.0714. The lowest BCUT2D eigenvalue weighted by atomic mass is 10.0. The van der Waals surface area contributed by atoms with Gasteiger partial charge in [0.1, 0.15) is 0 Å². The van der Waals surface area contributed by atoms with Gasteiger partial charge in [0.15, 0.2) is 5.78 Å². The van der Waals surface area contributed by atoms with E-state index in [4.69, 9.17) is 34.8 Å². The molecule has 0 saturated heterocycles. The van der Waals surface area contributed by atoms with E-state index in [1.54, 1.807) is 43.3 Å². The van der Waals surface area contributed by atoms with Crippen LogP contribution in [0.15, 0.2) is 36.4 Å². The second-order valence-electron chi connectivity index (χ2n) is 3.90. The first-order valence-electron chi connectivity index (χ1n) is 5.25. The number of halogens is 3. The van der Waals surface area contributed by atoms with Crippen LogP contribution in [0, 0.1) is 6.92 Å². The Morgan fingerprint density at radius 1 is 0.889 bits per heavy atom. The molecule has 1 nitrogen and oxygen atoms in total. The Labute approximate surface area is 120 Å². The largest absolute Gasteiger partial charge is 0.289 e. The summed E-state index contributed by atoms with van der Waals surface area (Å²) in [7, 11) is 0. The summed E-state index contributed by atoms with van der Waals surface area (Å²) < 4.78 is 0. The predicted octanol–water partition coefficient (Wildman–Crippen LogP) is 5.19. The van der Waals surface area contributed by atoms with E-state index in [1.807, 2.05) is 0 Å². The van der Waals surface area contributed by atoms with E-state index in [0.717, 1.165) is 5.56 Å². The molecule has 0 atom stereocenters. The molecule has 0 aliphatic carbocycles. The van der Waals surface area contributed by atoms with Gasteiger partial charge < -0.3 is 0 Å². The van der Waals surface area contributed by atoms with Crippen LogP contribution in [0.25, 0.3) is 0 Å². The molecule has 0 spiro atoms. The zero-order chi connectivity index (χ0) is 13.3. The highest BCUT2D eigenvalue weighted by molar-refractivity contribution is 6.36. The maximum atomic E-state index is 12.2. The minimum Gasteiger partial charge on any atom is -0.289 e. The Morgan fingerprint density at radius 3 is 1.89 bits per heavy atom. The lowest BCUT2D eigenvalue weighted by Crippen LogP contribution is -2.01. The Bertz CT molecular complexity index is 580. The second-order valence-corrected chi connectivity index (χ2v) is 5.15. The molecule has 2 rings (SSSR count). The molecular formula is C14H9Cl3O. The van der Waals surface area contributed by atoms with Crippen LogP contribution in [0.5, 0.6) is 0 Å². The van der Waals surface area contributed by atoms with Crippen molar-refractivity contribution in [2.45, 2.75) is 6.92 Å². The van der Waals surface area contributed by atoms with Crippen LogP contribution in [-0.2, 0) is 0 Å². The maximum absolute atomic E-state index is 12.2. The lowest BCUT2D eigenvalue weighted by Gasteiger charge is -2.06. The zero-order valence-electron chi connectivity index (χ0n) is 9.51. The van der Waals surface area contributed by atoms with E-state index in [2.05, 4.69) is 0 Å². The molecule has 2 aromatic carbocycles. The highest BCUT2D eigenvalue weighted by atomic mass is 35.5. The van der Waals surface area contributed by atoms with Crippen LogP contribution in [-0.4, -0.2) is 5.78 Å². The standard InChI is InChI=1S/C14H9Cl3O/c1-8-12(16)6-10(7-13(8)17)14(18)9-2-4-11(15)5-3-9/h2-7H,1H3. The summed E-state index contributed by atoms with van der Waals surface area (Å²) in [5, 5.41) is 1.56. The van der Waals surface area contributed by atoms with Crippen LogP contribution < -0.4 is 0 Å². The highest BCUT2D eigenvalue weighted by Crippen LogP contribution is 2.27. The highest BCUT2D eigenvalue weighted by Gasteiger charge is 2.12. The van der Waals surface area contributed by atoms with E-state index in [1.165, 1.54) is 0 Å². The molecule has 92 valence electrons. The van der Waals surface area contributed by atoms with E-state index < -0.39 is 0 Å². The van der Waals surface area contributed by atoms with Crippen molar-refractivity contribution in [2.24, 2.45) is 0 Å². The summed E-state index contributed by atoms with van der Waals surface area (Å²) in [6, 6.07) is 9.94. The summed E-state index contributed by atoms with van der Waals surface area (Å²) in [5.41, 5.74) is 1.79. The Morgan fingerprint density at radius 2 is 1.39 bits per heavy atom. The second kappa shape index (κ2) is 5.31. The predicted molar refractivity (Wildman–Crippen MR) is 76.1 cm³/mol. The number of carbonyl (C=O) groups excluding carboxylic acids is 1. The third kappa shape index (κ3) is 2.69. The van der Waals surface area contributed by atoms with Gasteiger partial charge in [-0.15, -0.1) is 0 Å². The molecule has 0 amide bonds. The van der Waals surface area contributed by atoms with Crippen molar-refractivity contribution in [3.63, 3.8) is 0 Å². The molecule has 0 fully saturated rings. The van der Waals surface area contributed by atoms with Crippen LogP contribution in [0.1, 0.15) is 21.5 Å². The molecule has 0 aromatic heterocycles. The molecule has 0 heterocycles. The smallest absolute Gasteiger partial charge is 0.193 e. The average Bonchev–Trinajstić information content (AvgIpc) is 2.35. The van der Waals surface area contributed by atoms with Gasteiger partial charge in [-0.2, -0.15) is 0 Å². The Hall–Kier alpha value is -1.02. The van der Waals surface area contributed by atoms with Gasteiger partial charge in [-0.05, 0) is 48.9 Å². The monoisotopic (exact) mass is 298 g/mol. The Kier molecular flexibility index (Phi) is 3.96. The molecule has 0 unspecified atom stereocenters. The minimum absolute atomic E-state index is 0.129. The van der Waals surface area contributed by atoms with Crippen molar-refractivity contribution in [1.29, 1.82) is 0 Å². The van der Waals surface area contributed by atoms with Gasteiger partial charge in [-0.1, -0.05) is 34.8 Å². The van der Waals surface area contributed by atoms with Crippen molar-refractivity contribution in [3.05, 3.63) is 68.2 Å². The number of benzene rings is 2. The number of ketones is 1. The SMILES string of the molecule is Cc1c(Cl)cc(C(=O)c2ccc(Cl)cc2)cc1Cl. The molecule has 0 aliphatic heterocycles. The topological polar surface area (TPSA) is 17.1 Å². The lowest BCUT2D eigenvalue weighted by molar-refractivity contribution is 0.103. The van der Waals surface area contributed by atoms with E-state index in [-0.39, 0.29) is 5.78 Å². The molecule has 0 saturated carbocycles. The van der Waals surface area contributed by atoms with E-state index in [9.17, 15) is 4.79 Å². The molecule has 0 bridgehead atoms. The van der Waals surface area contributed by atoms with Gasteiger partial charge in [0.05, 0.1) is 0 Å². The van der Waals surface area contributed by atoms with Gasteiger partial charge in [0.25, 0.3) is 0 Å². The summed E-state index contributed by atoms with van der Waals surface area (Å²) in [5.74, 6) is -0.129. The van der Waals surface area contributed by atoms with Gasteiger partial charge in [-0.3, -0.25) is 4.79 Å².